The number of hydrogen-bond acceptors (Lipinski definition) is 5. The monoisotopic (exact) mass is 395 g/mol. The molecular formula is C21H18FN3O2S. The van der Waals surface area contributed by atoms with Crippen molar-refractivity contribution in [3.63, 3.8) is 0 Å². The lowest BCUT2D eigenvalue weighted by atomic mass is 10.1. The predicted molar refractivity (Wildman–Crippen MR) is 106 cm³/mol. The Morgan fingerprint density at radius 2 is 2.11 bits per heavy atom. The van der Waals surface area contributed by atoms with Crippen molar-refractivity contribution in [2.75, 3.05) is 0 Å². The van der Waals surface area contributed by atoms with Crippen LogP contribution in [0.3, 0.4) is 0 Å². The molecule has 1 aliphatic rings. The first-order valence-electron chi connectivity index (χ1n) is 9.39. The number of rotatable bonds is 3. The summed E-state index contributed by atoms with van der Waals surface area (Å²) in [5.41, 5.74) is 2.32. The summed E-state index contributed by atoms with van der Waals surface area (Å²) < 4.78 is 20.5. The van der Waals surface area contributed by atoms with Gasteiger partial charge >= 0.3 is 0 Å². The Hall–Kier alpha value is -2.80. The van der Waals surface area contributed by atoms with Gasteiger partial charge in [-0.1, -0.05) is 12.5 Å². The molecule has 28 heavy (non-hydrogen) atoms. The molecular weight excluding hydrogens is 377 g/mol. The van der Waals surface area contributed by atoms with Gasteiger partial charge in [0, 0.05) is 10.4 Å². The Kier molecular flexibility index (Phi) is 4.31. The summed E-state index contributed by atoms with van der Waals surface area (Å²) in [5, 5.41) is 0.762. The number of aryl methyl sites for hydroxylation is 2. The number of thiophene rings is 1. The highest BCUT2D eigenvalue weighted by molar-refractivity contribution is 7.18. The summed E-state index contributed by atoms with van der Waals surface area (Å²) in [5.74, 6) is -0.0118. The lowest BCUT2D eigenvalue weighted by Crippen LogP contribution is -2.21. The van der Waals surface area contributed by atoms with Gasteiger partial charge in [0.15, 0.2) is 0 Å². The number of benzene rings is 1. The Morgan fingerprint density at radius 1 is 1.21 bits per heavy atom. The van der Waals surface area contributed by atoms with Crippen LogP contribution in [-0.2, 0) is 19.4 Å². The van der Waals surface area contributed by atoms with Crippen molar-refractivity contribution in [1.29, 1.82) is 0 Å². The number of oxazole rings is 1. The largest absolute Gasteiger partial charge is 0.444 e. The van der Waals surface area contributed by atoms with Gasteiger partial charge in [0.1, 0.15) is 16.9 Å². The molecule has 7 heteroatoms. The van der Waals surface area contributed by atoms with Crippen LogP contribution < -0.4 is 5.56 Å². The third-order valence-corrected chi connectivity index (χ3v) is 6.35. The molecule has 4 aromatic rings. The Labute approximate surface area is 164 Å². The first-order valence-corrected chi connectivity index (χ1v) is 10.2. The highest BCUT2D eigenvalue weighted by Gasteiger charge is 2.19. The fraction of sp³-hybridized carbons (Fsp3) is 0.286. The second kappa shape index (κ2) is 6.98. The van der Waals surface area contributed by atoms with Crippen molar-refractivity contribution in [2.24, 2.45) is 0 Å². The first kappa shape index (κ1) is 17.3. The van der Waals surface area contributed by atoms with Gasteiger partial charge < -0.3 is 4.42 Å². The molecule has 0 unspecified atom stereocenters. The molecule has 5 rings (SSSR count). The lowest BCUT2D eigenvalue weighted by Gasteiger charge is -2.04. The summed E-state index contributed by atoms with van der Waals surface area (Å²) in [4.78, 5) is 24.2. The van der Waals surface area contributed by atoms with Crippen LogP contribution in [-0.4, -0.2) is 14.5 Å². The van der Waals surface area contributed by atoms with E-state index in [9.17, 15) is 9.18 Å². The van der Waals surface area contributed by atoms with Gasteiger partial charge in [0.25, 0.3) is 5.56 Å². The Balaban J connectivity index is 1.50. The fourth-order valence-electron chi connectivity index (χ4n) is 3.78. The van der Waals surface area contributed by atoms with E-state index in [0.717, 1.165) is 29.5 Å². The van der Waals surface area contributed by atoms with E-state index >= 15 is 0 Å². The van der Waals surface area contributed by atoms with Crippen molar-refractivity contribution < 1.29 is 8.81 Å². The second-order valence-corrected chi connectivity index (χ2v) is 8.16. The van der Waals surface area contributed by atoms with E-state index in [4.69, 9.17) is 4.42 Å². The van der Waals surface area contributed by atoms with Gasteiger partial charge in [-0.15, -0.1) is 11.3 Å². The third-order valence-electron chi connectivity index (χ3n) is 5.15. The van der Waals surface area contributed by atoms with Gasteiger partial charge in [-0.2, -0.15) is 0 Å². The smallest absolute Gasteiger partial charge is 0.262 e. The zero-order valence-electron chi connectivity index (χ0n) is 15.2. The van der Waals surface area contributed by atoms with Crippen LogP contribution in [0.25, 0.3) is 21.7 Å². The van der Waals surface area contributed by atoms with Crippen LogP contribution in [0.1, 0.15) is 35.4 Å². The van der Waals surface area contributed by atoms with Crippen molar-refractivity contribution in [1.82, 2.24) is 14.5 Å². The molecule has 142 valence electrons. The third kappa shape index (κ3) is 3.05. The molecule has 0 saturated heterocycles. The molecule has 0 fully saturated rings. The standard InChI is InChI=1S/C21H18FN3O2S/c22-14-6-4-5-13(9-14)19-24-15(11-27-19)10-25-12-23-20-18(21(25)26)16-7-2-1-3-8-17(16)28-20/h4-6,9,11-12H,1-3,7-8,10H2. The molecule has 1 aliphatic carbocycles. The van der Waals surface area contributed by atoms with Crippen LogP contribution in [0.2, 0.25) is 0 Å². The number of nitrogens with zero attached hydrogens (tertiary/aromatic N) is 3. The summed E-state index contributed by atoms with van der Waals surface area (Å²) in [7, 11) is 0. The minimum absolute atomic E-state index is 0.0281. The van der Waals surface area contributed by atoms with Gasteiger partial charge in [0.05, 0.1) is 24.0 Å². The summed E-state index contributed by atoms with van der Waals surface area (Å²) in [6.07, 6.45) is 8.57. The van der Waals surface area contributed by atoms with Gasteiger partial charge in [-0.25, -0.2) is 14.4 Å². The van der Waals surface area contributed by atoms with E-state index in [1.807, 2.05) is 0 Å². The maximum absolute atomic E-state index is 13.4. The van der Waals surface area contributed by atoms with Crippen LogP contribution in [0, 0.1) is 5.82 Å². The SMILES string of the molecule is O=c1c2c3c(sc2ncn1Cc1coc(-c2cccc(F)c2)n1)CCCCC3. The first-order chi connectivity index (χ1) is 13.7. The highest BCUT2D eigenvalue weighted by atomic mass is 32.1. The summed E-state index contributed by atoms with van der Waals surface area (Å²) in [6.45, 7) is 0.269. The summed E-state index contributed by atoms with van der Waals surface area (Å²) >= 11 is 1.65. The van der Waals surface area contributed by atoms with Crippen LogP contribution in [0.15, 0.2) is 46.1 Å². The average Bonchev–Trinajstić information content (AvgIpc) is 3.23. The lowest BCUT2D eigenvalue weighted by molar-refractivity contribution is 0.569. The van der Waals surface area contributed by atoms with E-state index in [1.165, 1.54) is 41.7 Å². The molecule has 1 aromatic carbocycles. The molecule has 5 nitrogen and oxygen atoms in total. The van der Waals surface area contributed by atoms with Crippen molar-refractivity contribution >= 4 is 21.6 Å². The van der Waals surface area contributed by atoms with E-state index in [0.29, 0.717) is 17.1 Å². The zero-order chi connectivity index (χ0) is 19.1. The van der Waals surface area contributed by atoms with Crippen molar-refractivity contribution in [2.45, 2.75) is 38.6 Å². The minimum Gasteiger partial charge on any atom is -0.444 e. The molecule has 0 N–H and O–H groups in total. The maximum atomic E-state index is 13.4. The molecule has 0 atom stereocenters. The summed E-state index contributed by atoms with van der Waals surface area (Å²) in [6, 6.07) is 6.09. The quantitative estimate of drug-likeness (QED) is 0.477. The van der Waals surface area contributed by atoms with Gasteiger partial charge in [-0.3, -0.25) is 9.36 Å². The van der Waals surface area contributed by atoms with Crippen LogP contribution >= 0.6 is 11.3 Å². The molecule has 0 spiro atoms. The predicted octanol–water partition coefficient (Wildman–Crippen LogP) is 4.57. The molecule has 0 amide bonds. The Morgan fingerprint density at radius 3 is 3.00 bits per heavy atom. The molecule has 0 bridgehead atoms. The number of halogens is 1. The van der Waals surface area contributed by atoms with Crippen LogP contribution in [0.5, 0.6) is 0 Å². The topological polar surface area (TPSA) is 60.9 Å². The van der Waals surface area contributed by atoms with Gasteiger partial charge in [0.2, 0.25) is 5.89 Å². The zero-order valence-corrected chi connectivity index (χ0v) is 16.0. The molecule has 0 saturated carbocycles. The second-order valence-electron chi connectivity index (χ2n) is 7.08. The van der Waals surface area contributed by atoms with E-state index in [1.54, 1.807) is 34.4 Å². The van der Waals surface area contributed by atoms with E-state index in [2.05, 4.69) is 9.97 Å². The number of aromatic nitrogens is 3. The molecule has 3 heterocycles. The maximum Gasteiger partial charge on any atom is 0.262 e. The average molecular weight is 395 g/mol. The van der Waals surface area contributed by atoms with Crippen LogP contribution in [0.4, 0.5) is 4.39 Å². The Bertz CT molecular complexity index is 1220. The van der Waals surface area contributed by atoms with Crippen molar-refractivity contribution in [3.05, 3.63) is 69.2 Å². The van der Waals surface area contributed by atoms with Crippen molar-refractivity contribution in [3.8, 4) is 11.5 Å². The number of fused-ring (bicyclic) bond motifs is 3. The highest BCUT2D eigenvalue weighted by Crippen LogP contribution is 2.32. The fourth-order valence-corrected chi connectivity index (χ4v) is 5.00. The van der Waals surface area contributed by atoms with Gasteiger partial charge in [-0.05, 0) is 49.4 Å². The molecule has 3 aromatic heterocycles. The minimum atomic E-state index is -0.346. The normalized spacial score (nSPS) is 14.2. The molecule has 0 aliphatic heterocycles. The molecule has 0 radical (unpaired) electrons. The van der Waals surface area contributed by atoms with E-state index in [-0.39, 0.29) is 17.9 Å². The number of hydrogen-bond donors (Lipinski definition) is 0. The van der Waals surface area contributed by atoms with E-state index < -0.39 is 0 Å².